The topological polar surface area (TPSA) is 14.1 Å². The van der Waals surface area contributed by atoms with E-state index in [-0.39, 0.29) is 0 Å². The molecule has 0 atom stereocenters. The van der Waals surface area contributed by atoms with Gasteiger partial charge in [-0.2, -0.15) is 0 Å². The molecule has 0 unspecified atom stereocenters. The van der Waals surface area contributed by atoms with Crippen molar-refractivity contribution in [1.29, 1.82) is 0 Å². The molecule has 0 saturated heterocycles. The van der Waals surface area contributed by atoms with Crippen molar-refractivity contribution in [2.75, 3.05) is 0 Å². The molecule has 10 heavy (non-hydrogen) atoms. The number of hydrogen-bond acceptors (Lipinski definition) is 0. The molecular weight excluding hydrogens is 190 g/mol. The lowest BCUT2D eigenvalue weighted by Gasteiger charge is -1.97. The standard InChI is InChI=1S/C8H7BrN/c9-8-3-1-2-6-4-10-5-7(6)8/h1-3H,4-5H2. The average Bonchev–Trinajstić information content (AvgIpc) is 2.36. The monoisotopic (exact) mass is 196 g/mol. The first-order valence-electron chi connectivity index (χ1n) is 3.27. The van der Waals surface area contributed by atoms with Gasteiger partial charge in [0.05, 0.1) is 0 Å². The highest BCUT2D eigenvalue weighted by molar-refractivity contribution is 9.10. The minimum absolute atomic E-state index is 0.886. The Morgan fingerprint density at radius 1 is 1.30 bits per heavy atom. The van der Waals surface area contributed by atoms with Crippen LogP contribution in [0.1, 0.15) is 11.1 Å². The molecule has 51 valence electrons. The molecule has 1 aliphatic rings. The second kappa shape index (κ2) is 2.36. The molecule has 0 N–H and O–H groups in total. The Balaban J connectivity index is 2.59. The molecule has 1 nitrogen and oxygen atoms in total. The SMILES string of the molecule is Brc1cccc2c1C[N]C2. The summed E-state index contributed by atoms with van der Waals surface area (Å²) in [6.07, 6.45) is 0. The Morgan fingerprint density at radius 2 is 2.20 bits per heavy atom. The van der Waals surface area contributed by atoms with E-state index in [1.165, 1.54) is 15.6 Å². The summed E-state index contributed by atoms with van der Waals surface area (Å²) < 4.78 is 1.20. The molecule has 0 saturated carbocycles. The number of hydrogen-bond donors (Lipinski definition) is 0. The van der Waals surface area contributed by atoms with E-state index >= 15 is 0 Å². The van der Waals surface area contributed by atoms with Gasteiger partial charge in [0.2, 0.25) is 0 Å². The van der Waals surface area contributed by atoms with Gasteiger partial charge < -0.3 is 0 Å². The first-order valence-corrected chi connectivity index (χ1v) is 4.07. The molecule has 0 aliphatic carbocycles. The van der Waals surface area contributed by atoms with Gasteiger partial charge in [0, 0.05) is 17.6 Å². The largest absolute Gasteiger partial charge is 0.232 e. The summed E-state index contributed by atoms with van der Waals surface area (Å²) in [5.74, 6) is 0. The minimum atomic E-state index is 0.886. The van der Waals surface area contributed by atoms with Crippen molar-refractivity contribution in [3.63, 3.8) is 0 Å². The van der Waals surface area contributed by atoms with Crippen LogP contribution in [0.3, 0.4) is 0 Å². The van der Waals surface area contributed by atoms with Crippen molar-refractivity contribution in [2.45, 2.75) is 13.1 Å². The van der Waals surface area contributed by atoms with Crippen LogP contribution < -0.4 is 5.32 Å². The molecule has 0 amide bonds. The third kappa shape index (κ3) is 0.879. The maximum absolute atomic E-state index is 4.28. The van der Waals surface area contributed by atoms with Gasteiger partial charge in [-0.15, -0.1) is 0 Å². The summed E-state index contributed by atoms with van der Waals surface area (Å²) in [6.45, 7) is 1.78. The number of benzene rings is 1. The highest BCUT2D eigenvalue weighted by Crippen LogP contribution is 2.24. The minimum Gasteiger partial charge on any atom is -0.232 e. The Labute approximate surface area is 68.6 Å². The van der Waals surface area contributed by atoms with Crippen molar-refractivity contribution >= 4 is 15.9 Å². The first kappa shape index (κ1) is 6.38. The fraction of sp³-hybridized carbons (Fsp3) is 0.250. The Morgan fingerprint density at radius 3 is 3.00 bits per heavy atom. The first-order chi connectivity index (χ1) is 4.88. The molecule has 0 bridgehead atoms. The zero-order valence-electron chi connectivity index (χ0n) is 5.47. The quantitative estimate of drug-likeness (QED) is 0.604. The van der Waals surface area contributed by atoms with Gasteiger partial charge in [-0.3, -0.25) is 0 Å². The van der Waals surface area contributed by atoms with E-state index < -0.39 is 0 Å². The van der Waals surface area contributed by atoms with Crippen molar-refractivity contribution in [1.82, 2.24) is 5.32 Å². The van der Waals surface area contributed by atoms with Gasteiger partial charge in [-0.05, 0) is 17.2 Å². The molecule has 2 heteroatoms. The second-order valence-electron chi connectivity index (χ2n) is 2.42. The van der Waals surface area contributed by atoms with Crippen molar-refractivity contribution < 1.29 is 0 Å². The van der Waals surface area contributed by atoms with Crippen LogP contribution in [0.2, 0.25) is 0 Å². The van der Waals surface area contributed by atoms with Crippen LogP contribution in [-0.4, -0.2) is 0 Å². The highest BCUT2D eigenvalue weighted by atomic mass is 79.9. The van der Waals surface area contributed by atoms with E-state index in [9.17, 15) is 0 Å². The molecule has 2 rings (SSSR count). The summed E-state index contributed by atoms with van der Waals surface area (Å²) in [4.78, 5) is 0. The summed E-state index contributed by atoms with van der Waals surface area (Å²) in [5.41, 5.74) is 2.73. The number of fused-ring (bicyclic) bond motifs is 1. The third-order valence-corrected chi connectivity index (χ3v) is 2.51. The van der Waals surface area contributed by atoms with Crippen LogP contribution in [0.5, 0.6) is 0 Å². The van der Waals surface area contributed by atoms with Gasteiger partial charge in [-0.1, -0.05) is 28.1 Å². The predicted octanol–water partition coefficient (Wildman–Crippen LogP) is 2.07. The van der Waals surface area contributed by atoms with Gasteiger partial charge in [0.1, 0.15) is 0 Å². The Hall–Kier alpha value is -0.340. The van der Waals surface area contributed by atoms with E-state index in [4.69, 9.17) is 0 Å². The highest BCUT2D eigenvalue weighted by Gasteiger charge is 2.12. The van der Waals surface area contributed by atoms with Crippen LogP contribution in [0.25, 0.3) is 0 Å². The summed E-state index contributed by atoms with van der Waals surface area (Å²) in [6, 6.07) is 6.26. The van der Waals surface area contributed by atoms with Crippen molar-refractivity contribution in [3.05, 3.63) is 33.8 Å². The van der Waals surface area contributed by atoms with Crippen LogP contribution in [-0.2, 0) is 13.1 Å². The number of rotatable bonds is 0. The smallest absolute Gasteiger partial charge is 0.0402 e. The molecule has 0 spiro atoms. The zero-order chi connectivity index (χ0) is 6.97. The van der Waals surface area contributed by atoms with Crippen LogP contribution in [0, 0.1) is 0 Å². The molecule has 1 aromatic carbocycles. The van der Waals surface area contributed by atoms with Crippen molar-refractivity contribution in [3.8, 4) is 0 Å². The lowest BCUT2D eigenvalue weighted by Crippen LogP contribution is -1.89. The van der Waals surface area contributed by atoms with Crippen LogP contribution in [0.4, 0.5) is 0 Å². The number of halogens is 1. The lowest BCUT2D eigenvalue weighted by molar-refractivity contribution is 0.745. The fourth-order valence-electron chi connectivity index (χ4n) is 1.22. The molecule has 1 aromatic rings. The lowest BCUT2D eigenvalue weighted by atomic mass is 10.1. The van der Waals surface area contributed by atoms with Gasteiger partial charge in [-0.25, -0.2) is 5.32 Å². The predicted molar refractivity (Wildman–Crippen MR) is 43.7 cm³/mol. The third-order valence-electron chi connectivity index (χ3n) is 1.77. The van der Waals surface area contributed by atoms with Gasteiger partial charge in [0.15, 0.2) is 0 Å². The fourth-order valence-corrected chi connectivity index (χ4v) is 1.75. The molecule has 1 heterocycles. The normalized spacial score (nSPS) is 15.3. The molecular formula is C8H7BrN. The molecule has 0 fully saturated rings. The zero-order valence-corrected chi connectivity index (χ0v) is 7.06. The summed E-state index contributed by atoms with van der Waals surface area (Å²) >= 11 is 3.49. The van der Waals surface area contributed by atoms with Crippen LogP contribution in [0.15, 0.2) is 22.7 Å². The molecule has 1 aliphatic heterocycles. The van der Waals surface area contributed by atoms with E-state index in [1.54, 1.807) is 0 Å². The van der Waals surface area contributed by atoms with E-state index in [2.05, 4.69) is 39.4 Å². The Bertz CT molecular complexity index is 257. The van der Waals surface area contributed by atoms with Gasteiger partial charge >= 0.3 is 0 Å². The van der Waals surface area contributed by atoms with Crippen molar-refractivity contribution in [2.24, 2.45) is 0 Å². The van der Waals surface area contributed by atoms with Crippen LogP contribution >= 0.6 is 15.9 Å². The summed E-state index contributed by atoms with van der Waals surface area (Å²) in [7, 11) is 0. The molecule has 0 aromatic heterocycles. The second-order valence-corrected chi connectivity index (χ2v) is 3.27. The maximum atomic E-state index is 4.28. The molecule has 1 radical (unpaired) electrons. The van der Waals surface area contributed by atoms with E-state index in [0.29, 0.717) is 0 Å². The van der Waals surface area contributed by atoms with E-state index in [0.717, 1.165) is 13.1 Å². The Kier molecular flexibility index (Phi) is 1.51. The van der Waals surface area contributed by atoms with E-state index in [1.807, 2.05) is 0 Å². The van der Waals surface area contributed by atoms with Gasteiger partial charge in [0.25, 0.3) is 0 Å². The number of nitrogens with zero attached hydrogens (tertiary/aromatic N) is 1. The summed E-state index contributed by atoms with van der Waals surface area (Å²) in [5, 5.41) is 4.28. The average molecular weight is 197 g/mol. The maximum Gasteiger partial charge on any atom is 0.0402 e.